The molecule has 180 valence electrons. The number of nitrogen functional groups attached to an aromatic ring is 1. The summed E-state index contributed by atoms with van der Waals surface area (Å²) in [5.74, 6) is 0.304. The van der Waals surface area contributed by atoms with Gasteiger partial charge in [0.15, 0.2) is 0 Å². The fraction of sp³-hybridized carbons (Fsp3) is 0.0667. The minimum absolute atomic E-state index is 0.196. The summed E-state index contributed by atoms with van der Waals surface area (Å²) in [6, 6.07) is 31.2. The van der Waals surface area contributed by atoms with E-state index in [0.29, 0.717) is 29.1 Å². The van der Waals surface area contributed by atoms with E-state index in [-0.39, 0.29) is 11.8 Å². The average molecular weight is 478 g/mol. The molecular formula is C30H27N3O3. The number of ether oxygens (including phenoxy) is 1. The van der Waals surface area contributed by atoms with Gasteiger partial charge in [0.05, 0.1) is 18.5 Å². The molecule has 0 aliphatic heterocycles. The second-order valence-corrected chi connectivity index (χ2v) is 8.12. The number of amides is 2. The summed E-state index contributed by atoms with van der Waals surface area (Å²) in [7, 11) is 1.62. The van der Waals surface area contributed by atoms with Gasteiger partial charge >= 0.3 is 0 Å². The summed E-state index contributed by atoms with van der Waals surface area (Å²) >= 11 is 0. The van der Waals surface area contributed by atoms with Crippen LogP contribution < -0.4 is 21.1 Å². The lowest BCUT2D eigenvalue weighted by Gasteiger charge is -2.11. The average Bonchev–Trinajstić information content (AvgIpc) is 2.92. The van der Waals surface area contributed by atoms with Crippen molar-refractivity contribution in [2.24, 2.45) is 0 Å². The Balaban J connectivity index is 1.44. The van der Waals surface area contributed by atoms with Crippen molar-refractivity contribution >= 4 is 34.8 Å². The number of benzene rings is 4. The second-order valence-electron chi connectivity index (χ2n) is 8.12. The van der Waals surface area contributed by atoms with Crippen molar-refractivity contribution in [1.82, 2.24) is 5.32 Å². The molecule has 4 N–H and O–H groups in total. The van der Waals surface area contributed by atoms with Crippen LogP contribution in [-0.2, 0) is 11.3 Å². The maximum absolute atomic E-state index is 13.2. The molecule has 0 spiro atoms. The Morgan fingerprint density at radius 3 is 2.14 bits per heavy atom. The minimum Gasteiger partial charge on any atom is -0.497 e. The summed E-state index contributed by atoms with van der Waals surface area (Å²) < 4.78 is 5.22. The van der Waals surface area contributed by atoms with Crippen LogP contribution in [0, 0.1) is 0 Å². The Labute approximate surface area is 210 Å². The van der Waals surface area contributed by atoms with Crippen molar-refractivity contribution in [3.8, 4) is 5.75 Å². The molecule has 6 heteroatoms. The highest BCUT2D eigenvalue weighted by atomic mass is 16.5. The topological polar surface area (TPSA) is 93.4 Å². The van der Waals surface area contributed by atoms with E-state index in [9.17, 15) is 9.59 Å². The maximum atomic E-state index is 13.2. The number of hydrogen-bond acceptors (Lipinski definition) is 4. The molecule has 0 atom stereocenters. The molecule has 0 saturated carbocycles. The number of nitrogens with two attached hydrogens (primary N) is 1. The first-order valence-electron chi connectivity index (χ1n) is 11.5. The van der Waals surface area contributed by atoms with E-state index in [0.717, 1.165) is 22.4 Å². The lowest BCUT2D eigenvalue weighted by atomic mass is 10.0. The Bertz CT molecular complexity index is 1360. The van der Waals surface area contributed by atoms with E-state index < -0.39 is 0 Å². The van der Waals surface area contributed by atoms with Crippen molar-refractivity contribution in [3.63, 3.8) is 0 Å². The predicted octanol–water partition coefficient (Wildman–Crippen LogP) is 5.39. The second kappa shape index (κ2) is 11.5. The summed E-state index contributed by atoms with van der Waals surface area (Å²) in [5, 5.41) is 5.80. The molecule has 0 heterocycles. The zero-order valence-corrected chi connectivity index (χ0v) is 19.9. The standard InChI is InChI=1S/C30H27N3O3/c1-36-25-17-13-21(14-18-25)19-26(23-7-3-2-4-8-23)30(35)32-20-22-11-15-24(16-12-22)29(34)33-28-10-6-5-9-27(28)31/h2-19H,20,31H2,1H3,(H,32,35)(H,33,34)/b26-19+. The normalized spacial score (nSPS) is 11.0. The molecule has 2 amide bonds. The van der Waals surface area contributed by atoms with Gasteiger partial charge in [-0.1, -0.05) is 66.7 Å². The van der Waals surface area contributed by atoms with Crippen LogP contribution in [0.15, 0.2) is 103 Å². The highest BCUT2D eigenvalue weighted by molar-refractivity contribution is 6.24. The SMILES string of the molecule is COc1ccc(/C=C(/C(=O)NCc2ccc(C(=O)Nc3ccccc3N)cc2)c2ccccc2)cc1. The van der Waals surface area contributed by atoms with Gasteiger partial charge in [-0.2, -0.15) is 0 Å². The number of carbonyl (C=O) groups excluding carboxylic acids is 2. The summed E-state index contributed by atoms with van der Waals surface area (Å²) in [6.45, 7) is 0.319. The van der Waals surface area contributed by atoms with Gasteiger partial charge in [0.25, 0.3) is 11.8 Å². The number of hydrogen-bond donors (Lipinski definition) is 3. The third kappa shape index (κ3) is 6.18. The number of para-hydroxylation sites is 2. The van der Waals surface area contributed by atoms with Crippen molar-refractivity contribution in [2.75, 3.05) is 18.2 Å². The van der Waals surface area contributed by atoms with Gasteiger partial charge in [0.2, 0.25) is 0 Å². The van der Waals surface area contributed by atoms with E-state index in [1.54, 1.807) is 31.4 Å². The van der Waals surface area contributed by atoms with Crippen LogP contribution in [-0.4, -0.2) is 18.9 Å². The molecule has 6 nitrogen and oxygen atoms in total. The number of methoxy groups -OCH3 is 1. The molecule has 0 radical (unpaired) electrons. The molecule has 0 aliphatic carbocycles. The number of carbonyl (C=O) groups is 2. The van der Waals surface area contributed by atoms with Crippen LogP contribution in [0.1, 0.15) is 27.0 Å². The molecule has 4 aromatic carbocycles. The van der Waals surface area contributed by atoms with Crippen LogP contribution >= 0.6 is 0 Å². The minimum atomic E-state index is -0.253. The summed E-state index contributed by atoms with van der Waals surface area (Å²) in [4.78, 5) is 25.7. The fourth-order valence-electron chi connectivity index (χ4n) is 3.62. The first kappa shape index (κ1) is 24.3. The van der Waals surface area contributed by atoms with E-state index in [1.807, 2.05) is 84.9 Å². The van der Waals surface area contributed by atoms with Crippen molar-refractivity contribution in [2.45, 2.75) is 6.54 Å². The van der Waals surface area contributed by atoms with E-state index in [4.69, 9.17) is 10.5 Å². The van der Waals surface area contributed by atoms with Gasteiger partial charge in [0, 0.05) is 17.7 Å². The van der Waals surface area contributed by atoms with Gasteiger partial charge in [-0.25, -0.2) is 0 Å². The Kier molecular flexibility index (Phi) is 7.78. The van der Waals surface area contributed by atoms with Crippen molar-refractivity contribution in [3.05, 3.63) is 125 Å². The number of rotatable bonds is 8. The molecule has 0 aromatic heterocycles. The molecule has 0 aliphatic rings. The quantitative estimate of drug-likeness (QED) is 0.180. The van der Waals surface area contributed by atoms with Gasteiger partial charge in [-0.3, -0.25) is 9.59 Å². The molecule has 0 saturated heterocycles. The highest BCUT2D eigenvalue weighted by Crippen LogP contribution is 2.21. The first-order chi connectivity index (χ1) is 17.5. The summed E-state index contributed by atoms with van der Waals surface area (Å²) in [5.41, 5.74) is 10.6. The Morgan fingerprint density at radius 1 is 0.806 bits per heavy atom. The fourth-order valence-corrected chi connectivity index (χ4v) is 3.62. The molecule has 4 aromatic rings. The monoisotopic (exact) mass is 477 g/mol. The van der Waals surface area contributed by atoms with Gasteiger partial charge in [-0.15, -0.1) is 0 Å². The third-order valence-corrected chi connectivity index (χ3v) is 5.63. The third-order valence-electron chi connectivity index (χ3n) is 5.63. The summed E-state index contributed by atoms with van der Waals surface area (Å²) in [6.07, 6.45) is 1.85. The Morgan fingerprint density at radius 2 is 1.47 bits per heavy atom. The molecule has 4 rings (SSSR count). The molecular weight excluding hydrogens is 450 g/mol. The number of nitrogens with one attached hydrogen (secondary N) is 2. The van der Waals surface area contributed by atoms with Gasteiger partial charge in [0.1, 0.15) is 5.75 Å². The van der Waals surface area contributed by atoms with Crippen molar-refractivity contribution < 1.29 is 14.3 Å². The van der Waals surface area contributed by atoms with Crippen LogP contribution in [0.5, 0.6) is 5.75 Å². The van der Waals surface area contributed by atoms with Crippen LogP contribution in [0.3, 0.4) is 0 Å². The zero-order chi connectivity index (χ0) is 25.3. The highest BCUT2D eigenvalue weighted by Gasteiger charge is 2.13. The van der Waals surface area contributed by atoms with E-state index in [1.165, 1.54) is 0 Å². The largest absolute Gasteiger partial charge is 0.497 e. The van der Waals surface area contributed by atoms with Crippen LogP contribution in [0.25, 0.3) is 11.6 Å². The van der Waals surface area contributed by atoms with Gasteiger partial charge in [-0.05, 0) is 59.2 Å². The smallest absolute Gasteiger partial charge is 0.255 e. The van der Waals surface area contributed by atoms with Crippen LogP contribution in [0.2, 0.25) is 0 Å². The molecule has 0 bridgehead atoms. The number of anilines is 2. The first-order valence-corrected chi connectivity index (χ1v) is 11.5. The van der Waals surface area contributed by atoms with E-state index >= 15 is 0 Å². The molecule has 36 heavy (non-hydrogen) atoms. The molecule has 0 fully saturated rings. The van der Waals surface area contributed by atoms with Gasteiger partial charge < -0.3 is 21.1 Å². The van der Waals surface area contributed by atoms with Crippen molar-refractivity contribution in [1.29, 1.82) is 0 Å². The Hall–Kier alpha value is -4.84. The predicted molar refractivity (Wildman–Crippen MR) is 144 cm³/mol. The van der Waals surface area contributed by atoms with E-state index in [2.05, 4.69) is 10.6 Å². The lowest BCUT2D eigenvalue weighted by molar-refractivity contribution is -0.115. The maximum Gasteiger partial charge on any atom is 0.255 e. The van der Waals surface area contributed by atoms with Crippen LogP contribution in [0.4, 0.5) is 11.4 Å². The molecule has 0 unspecified atom stereocenters. The zero-order valence-electron chi connectivity index (χ0n) is 19.9. The lowest BCUT2D eigenvalue weighted by Crippen LogP contribution is -2.24.